The fraction of sp³-hybridized carbons (Fsp3) is 0.303. The van der Waals surface area contributed by atoms with Gasteiger partial charge in [-0.1, -0.05) is 12.1 Å². The second-order valence-corrected chi connectivity index (χ2v) is 16.9. The summed E-state index contributed by atoms with van der Waals surface area (Å²) in [6.45, 7) is 4.62. The van der Waals surface area contributed by atoms with Gasteiger partial charge in [0.1, 0.15) is 27.8 Å². The highest BCUT2D eigenvalue weighted by molar-refractivity contribution is 7.93. The Hall–Kier alpha value is -4.62. The van der Waals surface area contributed by atoms with Crippen LogP contribution in [0.15, 0.2) is 76.1 Å². The normalized spacial score (nSPS) is 12.8. The molecule has 0 saturated carbocycles. The number of aromatic nitrogens is 2. The van der Waals surface area contributed by atoms with Crippen molar-refractivity contribution in [3.63, 3.8) is 0 Å². The van der Waals surface area contributed by atoms with Crippen LogP contribution in [0.4, 0.5) is 30.6 Å². The van der Waals surface area contributed by atoms with Crippen LogP contribution in [0.1, 0.15) is 39.2 Å². The Morgan fingerprint density at radius 3 is 2.44 bits per heavy atom. The summed E-state index contributed by atoms with van der Waals surface area (Å²) in [5.74, 6) is -1.79. The number of halogens is 3. The molecule has 4 rings (SSSR count). The summed E-state index contributed by atoms with van der Waals surface area (Å²) in [5, 5.41) is 22.9. The number of amides is 1. The number of rotatable bonds is 14. The summed E-state index contributed by atoms with van der Waals surface area (Å²) >= 11 is 5.91. The maximum absolute atomic E-state index is 15.0. The lowest BCUT2D eigenvalue weighted by atomic mass is 10.1. The molecule has 0 aliphatic rings. The molecule has 19 heteroatoms. The van der Waals surface area contributed by atoms with E-state index in [0.717, 1.165) is 28.7 Å². The summed E-state index contributed by atoms with van der Waals surface area (Å²) in [6.07, 6.45) is 1.38. The number of hydrogen-bond donors (Lipinski definition) is 2. The Morgan fingerprint density at radius 2 is 1.75 bits per heavy atom. The molecule has 1 aromatic heterocycles. The number of nitrogens with one attached hydrogen (secondary N) is 2. The Labute approximate surface area is 304 Å². The van der Waals surface area contributed by atoms with Crippen LogP contribution in [-0.2, 0) is 30.2 Å². The number of para-hydroxylation sites is 1. The number of sulfonamides is 1. The zero-order valence-electron chi connectivity index (χ0n) is 28.4. The van der Waals surface area contributed by atoms with Gasteiger partial charge in [-0.05, 0) is 93.2 Å². The average molecular weight is 781 g/mol. The predicted molar refractivity (Wildman–Crippen MR) is 195 cm³/mol. The molecule has 1 heterocycles. The van der Waals surface area contributed by atoms with Gasteiger partial charge in [-0.25, -0.2) is 36.2 Å². The van der Waals surface area contributed by atoms with E-state index in [-0.39, 0.29) is 71.1 Å². The van der Waals surface area contributed by atoms with Gasteiger partial charge in [0.15, 0.2) is 5.82 Å². The lowest BCUT2D eigenvalue weighted by Gasteiger charge is -2.28. The largest absolute Gasteiger partial charge is 0.761 e. The monoisotopic (exact) mass is 780 g/mol. The molecule has 0 bridgehead atoms. The molecule has 3 aromatic carbocycles. The second kappa shape index (κ2) is 16.8. The molecule has 0 radical (unpaired) electrons. The summed E-state index contributed by atoms with van der Waals surface area (Å²) in [6, 6.07) is 12.7. The molecule has 52 heavy (non-hydrogen) atoms. The standard InChI is InChI=1S/C33H35ClF2N6O8S2/c1-33(2,3)50-32(43)41-51(4,46)20-21-15-23(39-44)18-24(16-21)49-14-8-7-13-42(52(47,48)29-10-6-5-9-27(29)40-45)28-17-22(35)11-12-25(28)30-26(36)19-37-31(34)38-30/h5-6,9-12,15-19,39-40H,7-8,13-14,20H2,1-4H3/q-2. The molecule has 4 aromatic rings. The lowest BCUT2D eigenvalue weighted by molar-refractivity contribution is 0.0607. The van der Waals surface area contributed by atoms with Gasteiger partial charge in [-0.2, -0.15) is 0 Å². The quantitative estimate of drug-likeness (QED) is 0.0728. The molecule has 2 N–H and O–H groups in total. The molecule has 0 aliphatic carbocycles. The van der Waals surface area contributed by atoms with Crippen LogP contribution in [-0.4, -0.2) is 53.7 Å². The summed E-state index contributed by atoms with van der Waals surface area (Å²) in [4.78, 5) is 19.2. The SMILES string of the molecule is CC(C)(C)OC(=O)N=S(C)(=O)Cc1cc(N[O-])cc(OCCCCN(c2cc(F)ccc2-c2nc(Cl)ncc2F)S(=O)(=O)c2ccccc2N[O-])c1. The van der Waals surface area contributed by atoms with Gasteiger partial charge in [0.25, 0.3) is 10.0 Å². The van der Waals surface area contributed by atoms with Crippen LogP contribution >= 0.6 is 11.6 Å². The van der Waals surface area contributed by atoms with E-state index >= 15 is 0 Å². The molecule has 14 nitrogen and oxygen atoms in total. The van der Waals surface area contributed by atoms with Crippen molar-refractivity contribution < 1.29 is 35.7 Å². The molecule has 0 aliphatic heterocycles. The lowest BCUT2D eigenvalue weighted by Crippen LogP contribution is -2.33. The fourth-order valence-corrected chi connectivity index (χ4v) is 7.91. The Kier molecular flexibility index (Phi) is 13.0. The Morgan fingerprint density at radius 1 is 1.02 bits per heavy atom. The molecule has 0 saturated heterocycles. The minimum Gasteiger partial charge on any atom is -0.761 e. The highest BCUT2D eigenvalue weighted by atomic mass is 35.5. The molecular formula is C33H35ClF2N6O8S2-2. The van der Waals surface area contributed by atoms with Crippen molar-refractivity contribution in [3.8, 4) is 17.0 Å². The Balaban J connectivity index is 1.59. The number of benzene rings is 3. The first-order chi connectivity index (χ1) is 24.4. The van der Waals surface area contributed by atoms with E-state index in [1.54, 1.807) is 31.7 Å². The van der Waals surface area contributed by atoms with E-state index in [1.807, 2.05) is 0 Å². The summed E-state index contributed by atoms with van der Waals surface area (Å²) in [5.41, 5.74) is 1.91. The van der Waals surface area contributed by atoms with Crippen molar-refractivity contribution in [1.82, 2.24) is 9.97 Å². The predicted octanol–water partition coefficient (Wildman–Crippen LogP) is 7.48. The van der Waals surface area contributed by atoms with E-state index in [0.29, 0.717) is 5.56 Å². The average Bonchev–Trinajstić information content (AvgIpc) is 3.05. The van der Waals surface area contributed by atoms with Gasteiger partial charge in [0.05, 0.1) is 34.0 Å². The van der Waals surface area contributed by atoms with Gasteiger partial charge < -0.3 is 30.8 Å². The summed E-state index contributed by atoms with van der Waals surface area (Å²) in [7, 11) is -7.73. The fourth-order valence-electron chi connectivity index (χ4n) is 4.92. The zero-order chi connectivity index (χ0) is 38.3. The Bertz CT molecular complexity index is 2160. The molecule has 1 atom stereocenters. The number of nitrogens with zero attached hydrogens (tertiary/aromatic N) is 4. The second-order valence-electron chi connectivity index (χ2n) is 12.4. The first-order valence-corrected chi connectivity index (χ1v) is 19.4. The van der Waals surface area contributed by atoms with Crippen LogP contribution < -0.4 is 20.0 Å². The molecule has 0 spiro atoms. The molecule has 280 valence electrons. The van der Waals surface area contributed by atoms with E-state index in [1.165, 1.54) is 48.7 Å². The number of hydrogen-bond acceptors (Lipinski definition) is 12. The van der Waals surface area contributed by atoms with Gasteiger partial charge in [-0.3, -0.25) is 4.31 Å². The van der Waals surface area contributed by atoms with E-state index < -0.39 is 48.0 Å². The minimum atomic E-state index is -4.61. The zero-order valence-corrected chi connectivity index (χ0v) is 30.8. The molecule has 0 fully saturated rings. The van der Waals surface area contributed by atoms with Gasteiger partial charge in [0, 0.05) is 35.8 Å². The maximum atomic E-state index is 15.0. The van der Waals surface area contributed by atoms with Gasteiger partial charge >= 0.3 is 6.09 Å². The van der Waals surface area contributed by atoms with E-state index in [2.05, 4.69) is 14.3 Å². The van der Waals surface area contributed by atoms with Crippen LogP contribution in [0.3, 0.4) is 0 Å². The van der Waals surface area contributed by atoms with Crippen LogP contribution in [0.5, 0.6) is 5.75 Å². The van der Waals surface area contributed by atoms with Crippen LogP contribution in [0.25, 0.3) is 11.3 Å². The first-order valence-electron chi connectivity index (χ1n) is 15.5. The van der Waals surface area contributed by atoms with Gasteiger partial charge in [0.2, 0.25) is 5.28 Å². The van der Waals surface area contributed by atoms with Crippen molar-refractivity contribution >= 4 is 54.5 Å². The highest BCUT2D eigenvalue weighted by Crippen LogP contribution is 2.37. The molecule has 1 unspecified atom stereocenters. The molecule has 1 amide bonds. The number of anilines is 3. The van der Waals surface area contributed by atoms with Crippen molar-refractivity contribution in [2.75, 3.05) is 34.7 Å². The van der Waals surface area contributed by atoms with Gasteiger partial charge in [-0.15, -0.1) is 4.36 Å². The number of unbranched alkanes of at least 4 members (excludes halogenated alkanes) is 1. The van der Waals surface area contributed by atoms with Crippen LogP contribution in [0.2, 0.25) is 5.28 Å². The highest BCUT2D eigenvalue weighted by Gasteiger charge is 2.30. The third kappa shape index (κ3) is 10.7. The third-order valence-corrected chi connectivity index (χ3v) is 10.4. The number of carbonyl (C=O) groups excluding carboxylic acids is 1. The van der Waals surface area contributed by atoms with Crippen molar-refractivity contribution in [2.24, 2.45) is 4.36 Å². The first kappa shape index (κ1) is 40.2. The van der Waals surface area contributed by atoms with E-state index in [9.17, 15) is 36.6 Å². The van der Waals surface area contributed by atoms with Crippen molar-refractivity contribution in [2.45, 2.75) is 49.9 Å². The van der Waals surface area contributed by atoms with Crippen LogP contribution in [0, 0.1) is 22.0 Å². The minimum absolute atomic E-state index is 0.00964. The maximum Gasteiger partial charge on any atom is 0.442 e. The topological polar surface area (TPSA) is 198 Å². The smallest absolute Gasteiger partial charge is 0.442 e. The summed E-state index contributed by atoms with van der Waals surface area (Å²) < 4.78 is 86.6. The number of ether oxygens (including phenoxy) is 2. The number of carbonyl (C=O) groups is 1. The van der Waals surface area contributed by atoms with Crippen molar-refractivity contribution in [1.29, 1.82) is 0 Å². The third-order valence-electron chi connectivity index (χ3n) is 6.97. The van der Waals surface area contributed by atoms with E-state index in [4.69, 9.17) is 21.1 Å². The molecular weight excluding hydrogens is 746 g/mol. The van der Waals surface area contributed by atoms with Crippen molar-refractivity contribution in [3.05, 3.63) is 99.8 Å².